The van der Waals surface area contributed by atoms with Gasteiger partial charge < -0.3 is 14.0 Å². The molecule has 1 atom stereocenters. The lowest BCUT2D eigenvalue weighted by Crippen LogP contribution is -2.45. The topological polar surface area (TPSA) is 78.6 Å². The summed E-state index contributed by atoms with van der Waals surface area (Å²) in [5, 5.41) is 3.99. The van der Waals surface area contributed by atoms with E-state index < -0.39 is 23.3 Å². The number of ether oxygens (including phenoxy) is 2. The average molecular weight is 301 g/mol. The number of rotatable bonds is 3. The van der Waals surface area contributed by atoms with E-state index in [1.165, 1.54) is 20.5 Å². The van der Waals surface area contributed by atoms with E-state index in [0.717, 1.165) is 5.56 Å². The Kier molecular flexibility index (Phi) is 3.44. The Balaban J connectivity index is 2.22. The van der Waals surface area contributed by atoms with E-state index in [4.69, 9.17) is 14.0 Å². The van der Waals surface area contributed by atoms with Gasteiger partial charge in [0.05, 0.1) is 25.8 Å². The Bertz CT molecular complexity index is 690. The molecule has 1 aromatic heterocycles. The molecule has 22 heavy (non-hydrogen) atoms. The van der Waals surface area contributed by atoms with Crippen LogP contribution in [0.2, 0.25) is 0 Å². The lowest BCUT2D eigenvalue weighted by Gasteiger charge is -2.29. The first kappa shape index (κ1) is 14.3. The number of benzene rings is 1. The lowest BCUT2D eigenvalue weighted by molar-refractivity contribution is -0.169. The summed E-state index contributed by atoms with van der Waals surface area (Å²) < 4.78 is 14.8. The van der Waals surface area contributed by atoms with E-state index >= 15 is 0 Å². The Morgan fingerprint density at radius 2 is 1.82 bits per heavy atom. The number of methoxy groups -OCH3 is 2. The molecule has 0 saturated carbocycles. The zero-order chi connectivity index (χ0) is 15.7. The van der Waals surface area contributed by atoms with Crippen molar-refractivity contribution in [3.05, 3.63) is 53.4 Å². The van der Waals surface area contributed by atoms with Crippen LogP contribution in [0.1, 0.15) is 22.7 Å². The molecule has 1 aliphatic rings. The van der Waals surface area contributed by atoms with E-state index in [-0.39, 0.29) is 6.42 Å². The van der Waals surface area contributed by atoms with Crippen molar-refractivity contribution in [2.75, 3.05) is 14.2 Å². The number of carbonyl (C=O) groups excluding carboxylic acids is 2. The van der Waals surface area contributed by atoms with Crippen molar-refractivity contribution in [1.29, 1.82) is 0 Å². The predicted molar refractivity (Wildman–Crippen MR) is 75.0 cm³/mol. The van der Waals surface area contributed by atoms with Crippen LogP contribution < -0.4 is 0 Å². The largest absolute Gasteiger partial charge is 0.468 e. The minimum absolute atomic E-state index is 0.144. The molecule has 0 N–H and O–H groups in total. The van der Waals surface area contributed by atoms with Gasteiger partial charge in [0.1, 0.15) is 6.26 Å². The number of carbonyl (C=O) groups is 2. The van der Waals surface area contributed by atoms with Gasteiger partial charge in [-0.05, 0) is 5.56 Å². The van der Waals surface area contributed by atoms with Gasteiger partial charge in [0.25, 0.3) is 0 Å². The molecule has 1 heterocycles. The van der Waals surface area contributed by atoms with Gasteiger partial charge in [-0.25, -0.2) is 0 Å². The molecule has 6 heteroatoms. The number of hydrogen-bond acceptors (Lipinski definition) is 6. The molecular weight excluding hydrogens is 286 g/mol. The highest BCUT2D eigenvalue weighted by Crippen LogP contribution is 2.51. The Morgan fingerprint density at radius 3 is 2.41 bits per heavy atom. The quantitative estimate of drug-likeness (QED) is 0.634. The van der Waals surface area contributed by atoms with Crippen molar-refractivity contribution in [3.63, 3.8) is 0 Å². The summed E-state index contributed by atoms with van der Waals surface area (Å²) >= 11 is 0. The lowest BCUT2D eigenvalue weighted by atomic mass is 9.73. The van der Waals surface area contributed by atoms with Gasteiger partial charge in [0.2, 0.25) is 0 Å². The van der Waals surface area contributed by atoms with Crippen molar-refractivity contribution in [3.8, 4) is 0 Å². The van der Waals surface area contributed by atoms with Gasteiger partial charge >= 0.3 is 11.9 Å². The monoisotopic (exact) mass is 301 g/mol. The van der Waals surface area contributed by atoms with Crippen LogP contribution in [0.3, 0.4) is 0 Å². The van der Waals surface area contributed by atoms with Crippen molar-refractivity contribution in [1.82, 2.24) is 5.16 Å². The average Bonchev–Trinajstić information content (AvgIpc) is 3.12. The molecule has 1 aromatic carbocycles. The number of nitrogens with zero attached hydrogens (tertiary/aromatic N) is 1. The molecule has 0 bridgehead atoms. The number of aromatic nitrogens is 1. The normalized spacial score (nSPS) is 18.5. The summed E-state index contributed by atoms with van der Waals surface area (Å²) in [7, 11) is 2.52. The molecule has 0 spiro atoms. The maximum absolute atomic E-state index is 12.5. The predicted octanol–water partition coefficient (Wildman–Crippen LogP) is 1.69. The zero-order valence-electron chi connectivity index (χ0n) is 12.2. The fourth-order valence-electron chi connectivity index (χ4n) is 3.19. The summed E-state index contributed by atoms with van der Waals surface area (Å²) in [4.78, 5) is 25.0. The van der Waals surface area contributed by atoms with Crippen LogP contribution in [0.5, 0.6) is 0 Å². The van der Waals surface area contributed by atoms with Crippen LogP contribution in [0.4, 0.5) is 0 Å². The first-order chi connectivity index (χ1) is 10.6. The highest BCUT2D eigenvalue weighted by molar-refractivity contribution is 6.03. The molecule has 3 rings (SSSR count). The second-order valence-electron chi connectivity index (χ2n) is 5.20. The second kappa shape index (κ2) is 5.29. The molecule has 1 aliphatic carbocycles. The molecule has 2 aromatic rings. The first-order valence-corrected chi connectivity index (χ1v) is 6.80. The van der Waals surface area contributed by atoms with E-state index in [9.17, 15) is 9.59 Å². The van der Waals surface area contributed by atoms with Crippen LogP contribution in [-0.2, 0) is 25.5 Å². The minimum Gasteiger partial charge on any atom is -0.468 e. The van der Waals surface area contributed by atoms with E-state index in [1.807, 2.05) is 30.3 Å². The van der Waals surface area contributed by atoms with Gasteiger partial charge in [-0.3, -0.25) is 9.59 Å². The van der Waals surface area contributed by atoms with Crippen LogP contribution in [0.25, 0.3) is 0 Å². The zero-order valence-corrected chi connectivity index (χ0v) is 12.2. The highest BCUT2D eigenvalue weighted by Gasteiger charge is 2.61. The maximum Gasteiger partial charge on any atom is 0.324 e. The van der Waals surface area contributed by atoms with Crippen molar-refractivity contribution in [2.45, 2.75) is 12.3 Å². The van der Waals surface area contributed by atoms with Gasteiger partial charge in [0.15, 0.2) is 5.41 Å². The van der Waals surface area contributed by atoms with E-state index in [0.29, 0.717) is 11.3 Å². The molecule has 0 radical (unpaired) electrons. The second-order valence-corrected chi connectivity index (χ2v) is 5.20. The van der Waals surface area contributed by atoms with Crippen molar-refractivity contribution >= 4 is 11.9 Å². The van der Waals surface area contributed by atoms with Crippen LogP contribution >= 0.6 is 0 Å². The standard InChI is InChI=1S/C16H15NO5/c1-20-14(18)16(15(19)21-2)8-11-9-22-17-13(11)12(16)10-6-4-3-5-7-10/h3-7,9,12H,8H2,1-2H3/t12-/m0/s1. The van der Waals surface area contributed by atoms with Crippen LogP contribution in [0.15, 0.2) is 41.1 Å². The third kappa shape index (κ3) is 1.83. The molecule has 0 aliphatic heterocycles. The molecule has 0 fully saturated rings. The summed E-state index contributed by atoms with van der Waals surface area (Å²) in [5.74, 6) is -1.86. The summed E-state index contributed by atoms with van der Waals surface area (Å²) in [6.45, 7) is 0. The van der Waals surface area contributed by atoms with Crippen molar-refractivity contribution < 1.29 is 23.6 Å². The Morgan fingerprint density at radius 1 is 1.18 bits per heavy atom. The Hall–Kier alpha value is -2.63. The third-order valence-electron chi connectivity index (χ3n) is 4.14. The fourth-order valence-corrected chi connectivity index (χ4v) is 3.19. The smallest absolute Gasteiger partial charge is 0.324 e. The van der Waals surface area contributed by atoms with Crippen LogP contribution in [-0.4, -0.2) is 31.3 Å². The highest BCUT2D eigenvalue weighted by atomic mass is 16.5. The number of fused-ring (bicyclic) bond motifs is 1. The van der Waals surface area contributed by atoms with E-state index in [2.05, 4.69) is 5.16 Å². The molecule has 114 valence electrons. The van der Waals surface area contributed by atoms with E-state index in [1.54, 1.807) is 0 Å². The first-order valence-electron chi connectivity index (χ1n) is 6.80. The number of esters is 2. The molecule has 0 unspecified atom stereocenters. The molecule has 0 saturated heterocycles. The maximum atomic E-state index is 12.5. The van der Waals surface area contributed by atoms with Gasteiger partial charge in [-0.2, -0.15) is 0 Å². The van der Waals surface area contributed by atoms with Crippen LogP contribution in [0, 0.1) is 5.41 Å². The summed E-state index contributed by atoms with van der Waals surface area (Å²) in [6.07, 6.45) is 1.60. The summed E-state index contributed by atoms with van der Waals surface area (Å²) in [5.41, 5.74) is 0.594. The fraction of sp³-hybridized carbons (Fsp3) is 0.312. The summed E-state index contributed by atoms with van der Waals surface area (Å²) in [6, 6.07) is 9.23. The van der Waals surface area contributed by atoms with Gasteiger partial charge in [-0.1, -0.05) is 35.5 Å². The Labute approximate surface area is 127 Å². The molecule has 0 amide bonds. The SMILES string of the molecule is COC(=O)C1(C(=O)OC)Cc2conc2[C@@H]1c1ccccc1. The molecule has 6 nitrogen and oxygen atoms in total. The third-order valence-corrected chi connectivity index (χ3v) is 4.14. The molecular formula is C16H15NO5. The number of hydrogen-bond donors (Lipinski definition) is 0. The van der Waals surface area contributed by atoms with Crippen molar-refractivity contribution in [2.24, 2.45) is 5.41 Å². The van der Waals surface area contributed by atoms with Gasteiger partial charge in [0, 0.05) is 12.0 Å². The van der Waals surface area contributed by atoms with Gasteiger partial charge in [-0.15, -0.1) is 0 Å². The minimum atomic E-state index is -1.47.